The number of carbonyl (C=O) groups is 1. The Bertz CT molecular complexity index is 338. The molecule has 82 valence electrons. The first-order valence-corrected chi connectivity index (χ1v) is 5.02. The van der Waals surface area contributed by atoms with Crippen molar-refractivity contribution in [3.63, 3.8) is 0 Å². The molecule has 3 N–H and O–H groups in total. The molecule has 1 atom stereocenters. The first-order chi connectivity index (χ1) is 7.08. The number of nitrogens with zero attached hydrogens (tertiary/aromatic N) is 1. The van der Waals surface area contributed by atoms with Crippen LogP contribution in [0.15, 0.2) is 18.2 Å². The van der Waals surface area contributed by atoms with Gasteiger partial charge in [-0.1, -0.05) is 6.07 Å². The van der Waals surface area contributed by atoms with E-state index in [1.54, 1.807) is 0 Å². The van der Waals surface area contributed by atoms with Gasteiger partial charge in [-0.15, -0.1) is 0 Å². The zero-order valence-electron chi connectivity index (χ0n) is 9.16. The minimum atomic E-state index is -0.285. The highest BCUT2D eigenvalue weighted by Gasteiger charge is 2.05. The number of nitrogens with two attached hydrogens (primary N) is 1. The highest BCUT2D eigenvalue weighted by molar-refractivity contribution is 5.74. The lowest BCUT2D eigenvalue weighted by molar-refractivity contribution is -0.118. The van der Waals surface area contributed by atoms with Gasteiger partial charge in [0.15, 0.2) is 0 Å². The van der Waals surface area contributed by atoms with Crippen LogP contribution in [0.4, 0.5) is 0 Å². The molecule has 0 fully saturated rings. The van der Waals surface area contributed by atoms with Gasteiger partial charge in [-0.25, -0.2) is 0 Å². The van der Waals surface area contributed by atoms with Crippen LogP contribution in [0.1, 0.15) is 24.7 Å². The quantitative estimate of drug-likeness (QED) is 0.748. The zero-order valence-corrected chi connectivity index (χ0v) is 9.16. The second-order valence-electron chi connectivity index (χ2n) is 3.72. The van der Waals surface area contributed by atoms with E-state index < -0.39 is 0 Å². The Kier molecular flexibility index (Phi) is 4.24. The van der Waals surface area contributed by atoms with Gasteiger partial charge in [-0.2, -0.15) is 0 Å². The van der Waals surface area contributed by atoms with Crippen molar-refractivity contribution in [1.29, 1.82) is 0 Å². The van der Waals surface area contributed by atoms with Crippen molar-refractivity contribution in [1.82, 2.24) is 10.3 Å². The first-order valence-electron chi connectivity index (χ1n) is 5.02. The van der Waals surface area contributed by atoms with Gasteiger partial charge in [0.2, 0.25) is 5.91 Å². The third-order valence-corrected chi connectivity index (χ3v) is 2.09. The van der Waals surface area contributed by atoms with Gasteiger partial charge in [0.25, 0.3) is 0 Å². The van der Waals surface area contributed by atoms with E-state index in [0.717, 1.165) is 11.4 Å². The molecule has 1 aromatic heterocycles. The summed E-state index contributed by atoms with van der Waals surface area (Å²) in [6.45, 7) is 4.55. The predicted octanol–water partition coefficient (Wildman–Crippen LogP) is 0.744. The van der Waals surface area contributed by atoms with Crippen LogP contribution < -0.4 is 11.1 Å². The van der Waals surface area contributed by atoms with E-state index in [1.165, 1.54) is 0 Å². The smallest absolute Gasteiger partial charge is 0.218 e. The number of amides is 1. The van der Waals surface area contributed by atoms with Gasteiger partial charge >= 0.3 is 0 Å². The number of nitrogens with one attached hydrogen (secondary N) is 1. The van der Waals surface area contributed by atoms with Crippen LogP contribution in [0, 0.1) is 6.92 Å². The van der Waals surface area contributed by atoms with Crippen molar-refractivity contribution < 1.29 is 4.79 Å². The SMILES string of the molecule is Cc1cccc(CNC(C)CC(N)=O)n1. The molecule has 0 spiro atoms. The summed E-state index contributed by atoms with van der Waals surface area (Å²) in [5, 5.41) is 3.19. The van der Waals surface area contributed by atoms with E-state index in [9.17, 15) is 4.79 Å². The molecule has 0 saturated carbocycles. The number of hydrogen-bond acceptors (Lipinski definition) is 3. The van der Waals surface area contributed by atoms with Gasteiger partial charge in [-0.05, 0) is 26.0 Å². The summed E-state index contributed by atoms with van der Waals surface area (Å²) in [4.78, 5) is 15.0. The summed E-state index contributed by atoms with van der Waals surface area (Å²) in [5.74, 6) is -0.285. The molecule has 1 heterocycles. The van der Waals surface area contributed by atoms with Gasteiger partial charge in [0.1, 0.15) is 0 Å². The highest BCUT2D eigenvalue weighted by Crippen LogP contribution is 1.99. The maximum Gasteiger partial charge on any atom is 0.218 e. The lowest BCUT2D eigenvalue weighted by atomic mass is 10.2. The molecular formula is C11H17N3O. The van der Waals surface area contributed by atoms with E-state index >= 15 is 0 Å². The zero-order chi connectivity index (χ0) is 11.3. The number of carbonyl (C=O) groups excluding carboxylic acids is 1. The van der Waals surface area contributed by atoms with Crippen molar-refractivity contribution in [3.8, 4) is 0 Å². The molecule has 1 aromatic rings. The molecule has 1 rings (SSSR count). The van der Waals surface area contributed by atoms with Crippen LogP contribution in [0.25, 0.3) is 0 Å². The Labute approximate surface area is 89.9 Å². The standard InChI is InChI=1S/C11H17N3O/c1-8-4-3-5-10(14-8)7-13-9(2)6-11(12)15/h3-5,9,13H,6-7H2,1-2H3,(H2,12,15). The van der Waals surface area contributed by atoms with Crippen LogP contribution in [0.5, 0.6) is 0 Å². The minimum Gasteiger partial charge on any atom is -0.370 e. The Hall–Kier alpha value is -1.42. The number of rotatable bonds is 5. The highest BCUT2D eigenvalue weighted by atomic mass is 16.1. The molecule has 0 aromatic carbocycles. The summed E-state index contributed by atoms with van der Waals surface area (Å²) in [6.07, 6.45) is 0.353. The van der Waals surface area contributed by atoms with Gasteiger partial charge < -0.3 is 11.1 Å². The average molecular weight is 207 g/mol. The summed E-state index contributed by atoms with van der Waals surface area (Å²) in [6, 6.07) is 5.97. The Balaban J connectivity index is 2.40. The molecule has 0 bridgehead atoms. The summed E-state index contributed by atoms with van der Waals surface area (Å²) >= 11 is 0. The Morgan fingerprint density at radius 2 is 2.33 bits per heavy atom. The molecule has 1 unspecified atom stereocenters. The molecular weight excluding hydrogens is 190 g/mol. The second-order valence-corrected chi connectivity index (χ2v) is 3.72. The van der Waals surface area contributed by atoms with E-state index in [2.05, 4.69) is 10.3 Å². The molecule has 15 heavy (non-hydrogen) atoms. The van der Waals surface area contributed by atoms with Crippen molar-refractivity contribution in [2.24, 2.45) is 5.73 Å². The number of primary amides is 1. The fourth-order valence-corrected chi connectivity index (χ4v) is 1.35. The normalized spacial score (nSPS) is 12.4. The van der Waals surface area contributed by atoms with Crippen LogP contribution in [0.2, 0.25) is 0 Å². The van der Waals surface area contributed by atoms with E-state index in [-0.39, 0.29) is 11.9 Å². The third-order valence-electron chi connectivity index (χ3n) is 2.09. The number of hydrogen-bond donors (Lipinski definition) is 2. The van der Waals surface area contributed by atoms with Gasteiger partial charge in [0, 0.05) is 24.7 Å². The summed E-state index contributed by atoms with van der Waals surface area (Å²) in [5.41, 5.74) is 7.07. The van der Waals surface area contributed by atoms with Crippen LogP contribution in [-0.2, 0) is 11.3 Å². The largest absolute Gasteiger partial charge is 0.370 e. The Morgan fingerprint density at radius 3 is 2.93 bits per heavy atom. The third kappa shape index (κ3) is 4.56. The molecule has 0 aliphatic carbocycles. The molecule has 1 amide bonds. The average Bonchev–Trinajstić information content (AvgIpc) is 2.14. The molecule has 0 aliphatic rings. The van der Waals surface area contributed by atoms with Crippen LogP contribution >= 0.6 is 0 Å². The summed E-state index contributed by atoms with van der Waals surface area (Å²) in [7, 11) is 0. The van der Waals surface area contributed by atoms with E-state index in [4.69, 9.17) is 5.73 Å². The fourth-order valence-electron chi connectivity index (χ4n) is 1.35. The summed E-state index contributed by atoms with van der Waals surface area (Å²) < 4.78 is 0. The molecule has 4 heteroatoms. The van der Waals surface area contributed by atoms with Crippen LogP contribution in [-0.4, -0.2) is 16.9 Å². The topological polar surface area (TPSA) is 68.0 Å². The molecule has 0 aliphatic heterocycles. The van der Waals surface area contributed by atoms with Crippen molar-refractivity contribution >= 4 is 5.91 Å². The van der Waals surface area contributed by atoms with Crippen molar-refractivity contribution in [2.45, 2.75) is 32.9 Å². The first kappa shape index (κ1) is 11.7. The Morgan fingerprint density at radius 1 is 1.60 bits per heavy atom. The lowest BCUT2D eigenvalue weighted by Crippen LogP contribution is -2.30. The lowest BCUT2D eigenvalue weighted by Gasteiger charge is -2.11. The minimum absolute atomic E-state index is 0.0878. The van der Waals surface area contributed by atoms with Crippen LogP contribution in [0.3, 0.4) is 0 Å². The van der Waals surface area contributed by atoms with E-state index in [0.29, 0.717) is 13.0 Å². The predicted molar refractivity (Wildman–Crippen MR) is 59.1 cm³/mol. The second kappa shape index (κ2) is 5.46. The van der Waals surface area contributed by atoms with Gasteiger partial charge in [0.05, 0.1) is 5.69 Å². The number of aryl methyl sites for hydroxylation is 1. The number of pyridine rings is 1. The van der Waals surface area contributed by atoms with E-state index in [1.807, 2.05) is 32.0 Å². The monoisotopic (exact) mass is 207 g/mol. The van der Waals surface area contributed by atoms with Crippen molar-refractivity contribution in [2.75, 3.05) is 0 Å². The molecule has 4 nitrogen and oxygen atoms in total. The fraction of sp³-hybridized carbons (Fsp3) is 0.455. The number of aromatic nitrogens is 1. The molecule has 0 radical (unpaired) electrons. The van der Waals surface area contributed by atoms with Crippen molar-refractivity contribution in [3.05, 3.63) is 29.6 Å². The maximum atomic E-state index is 10.6. The molecule has 0 saturated heterocycles. The maximum absolute atomic E-state index is 10.6. The van der Waals surface area contributed by atoms with Gasteiger partial charge in [-0.3, -0.25) is 9.78 Å².